The van der Waals surface area contributed by atoms with Crippen LogP contribution in [0.4, 0.5) is 0 Å². The molecule has 1 aromatic heterocycles. The fourth-order valence-electron chi connectivity index (χ4n) is 3.58. The van der Waals surface area contributed by atoms with E-state index in [0.717, 1.165) is 6.92 Å². The van der Waals surface area contributed by atoms with Crippen LogP contribution in [0.3, 0.4) is 0 Å². The Hall–Kier alpha value is -3.17. The summed E-state index contributed by atoms with van der Waals surface area (Å²) in [6, 6.07) is 11.1. The Bertz CT molecular complexity index is 1270. The van der Waals surface area contributed by atoms with Gasteiger partial charge in [0.05, 0.1) is 24.5 Å². The lowest BCUT2D eigenvalue weighted by atomic mass is 9.88. The molecule has 34 heavy (non-hydrogen) atoms. The third-order valence-electron chi connectivity index (χ3n) is 4.85. The molecule has 0 atom stereocenters. The van der Waals surface area contributed by atoms with Crippen LogP contribution in [0.5, 0.6) is 0 Å². The number of benzene rings is 2. The normalized spacial score (nSPS) is 11.2. The molecule has 0 amide bonds. The summed E-state index contributed by atoms with van der Waals surface area (Å²) < 4.78 is 16.3. The van der Waals surface area contributed by atoms with E-state index in [1.54, 1.807) is 24.3 Å². The monoisotopic (exact) mass is 549 g/mol. The van der Waals surface area contributed by atoms with E-state index in [0.29, 0.717) is 15.0 Å². The highest BCUT2D eigenvalue weighted by molar-refractivity contribution is 9.10. The van der Waals surface area contributed by atoms with Crippen molar-refractivity contribution in [1.82, 2.24) is 4.98 Å². The molecule has 0 fully saturated rings. The van der Waals surface area contributed by atoms with Crippen molar-refractivity contribution in [2.45, 2.75) is 26.4 Å². The topological polar surface area (TPSA) is 112 Å². The summed E-state index contributed by atoms with van der Waals surface area (Å²) in [4.78, 5) is 55.4. The van der Waals surface area contributed by atoms with Crippen molar-refractivity contribution < 1.29 is 33.4 Å². The Labute approximate surface area is 208 Å². The summed E-state index contributed by atoms with van der Waals surface area (Å²) in [5.41, 5.74) is -2.46. The highest BCUT2D eigenvalue weighted by atomic mass is 79.9. The summed E-state index contributed by atoms with van der Waals surface area (Å²) in [5.74, 6) is -3.90. The predicted molar refractivity (Wildman–Crippen MR) is 128 cm³/mol. The summed E-state index contributed by atoms with van der Waals surface area (Å²) in [6.45, 7) is 3.86. The summed E-state index contributed by atoms with van der Waals surface area (Å²) in [6.07, 6.45) is 0. The van der Waals surface area contributed by atoms with Crippen molar-refractivity contribution in [2.75, 3.05) is 13.2 Å². The molecule has 2 aromatic carbocycles. The second kappa shape index (κ2) is 10.4. The lowest BCUT2D eigenvalue weighted by Gasteiger charge is -2.29. The second-order valence-electron chi connectivity index (χ2n) is 7.12. The molecule has 0 radical (unpaired) electrons. The maximum Gasteiger partial charge on any atom is 0.367 e. The van der Waals surface area contributed by atoms with Crippen molar-refractivity contribution in [3.8, 4) is 0 Å². The van der Waals surface area contributed by atoms with Gasteiger partial charge in [0.15, 0.2) is 0 Å². The maximum atomic E-state index is 13.6. The summed E-state index contributed by atoms with van der Waals surface area (Å²) in [5, 5.41) is 0.595. The van der Waals surface area contributed by atoms with Gasteiger partial charge in [-0.05, 0) is 38.1 Å². The molecule has 10 heteroatoms. The minimum Gasteiger partial charge on any atom is -0.462 e. The van der Waals surface area contributed by atoms with E-state index < -0.39 is 29.3 Å². The number of fused-ring (bicyclic) bond motifs is 1. The van der Waals surface area contributed by atoms with Gasteiger partial charge in [0.25, 0.3) is 0 Å². The first-order chi connectivity index (χ1) is 16.1. The van der Waals surface area contributed by atoms with Crippen molar-refractivity contribution in [3.63, 3.8) is 0 Å². The molecular formula is C24H21BrClNO7. The van der Waals surface area contributed by atoms with Crippen LogP contribution in [0.25, 0.3) is 10.9 Å². The Morgan fingerprint density at radius 2 is 1.65 bits per heavy atom. The first kappa shape index (κ1) is 25.5. The second-order valence-corrected chi connectivity index (χ2v) is 8.47. The number of H-pyrrole nitrogens is 1. The van der Waals surface area contributed by atoms with Crippen LogP contribution in [0, 0.1) is 0 Å². The van der Waals surface area contributed by atoms with Gasteiger partial charge in [-0.2, -0.15) is 0 Å². The Morgan fingerprint density at radius 1 is 1.00 bits per heavy atom. The molecule has 3 aromatic rings. The quantitative estimate of drug-likeness (QED) is 0.187. The van der Waals surface area contributed by atoms with Crippen LogP contribution in [-0.2, 0) is 34.2 Å². The SMILES string of the molecule is CCOC(=O)C(OC(C)=O)(C(=O)OCC)c1c(C(=O)c2cccc(Br)c2)[nH]c2cc(Cl)ccc12. The zero-order valence-corrected chi connectivity index (χ0v) is 20.9. The van der Waals surface area contributed by atoms with Gasteiger partial charge in [0.2, 0.25) is 5.78 Å². The fourth-order valence-corrected chi connectivity index (χ4v) is 4.15. The van der Waals surface area contributed by atoms with Crippen molar-refractivity contribution in [1.29, 1.82) is 0 Å². The van der Waals surface area contributed by atoms with Gasteiger partial charge in [-0.15, -0.1) is 0 Å². The van der Waals surface area contributed by atoms with Gasteiger partial charge in [0, 0.05) is 32.9 Å². The number of ketones is 1. The molecule has 3 rings (SSSR count). The Kier molecular flexibility index (Phi) is 7.78. The molecule has 0 aliphatic carbocycles. The van der Waals surface area contributed by atoms with Crippen molar-refractivity contribution >= 4 is 62.1 Å². The third kappa shape index (κ3) is 4.71. The van der Waals surface area contributed by atoms with Crippen LogP contribution >= 0.6 is 27.5 Å². The Morgan fingerprint density at radius 3 is 2.21 bits per heavy atom. The number of ether oxygens (including phenoxy) is 3. The van der Waals surface area contributed by atoms with Crippen LogP contribution in [-0.4, -0.2) is 41.9 Å². The molecule has 0 saturated heterocycles. The van der Waals surface area contributed by atoms with Crippen LogP contribution in [0.15, 0.2) is 46.9 Å². The smallest absolute Gasteiger partial charge is 0.367 e. The van der Waals surface area contributed by atoms with Crippen LogP contribution < -0.4 is 0 Å². The maximum absolute atomic E-state index is 13.6. The lowest BCUT2D eigenvalue weighted by molar-refractivity contribution is -0.197. The van der Waals surface area contributed by atoms with E-state index >= 15 is 0 Å². The van der Waals surface area contributed by atoms with Gasteiger partial charge in [0.1, 0.15) is 0 Å². The zero-order valence-electron chi connectivity index (χ0n) is 18.6. The van der Waals surface area contributed by atoms with Crippen LogP contribution in [0.1, 0.15) is 42.4 Å². The summed E-state index contributed by atoms with van der Waals surface area (Å²) in [7, 11) is 0. The van der Waals surface area contributed by atoms with Crippen molar-refractivity contribution in [2.24, 2.45) is 0 Å². The Balaban J connectivity index is 2.45. The molecule has 0 spiro atoms. The molecule has 0 aliphatic heterocycles. The highest BCUT2D eigenvalue weighted by Gasteiger charge is 2.57. The number of aromatic nitrogens is 1. The zero-order chi connectivity index (χ0) is 25.0. The molecule has 0 aliphatic rings. The number of aromatic amines is 1. The third-order valence-corrected chi connectivity index (χ3v) is 5.58. The lowest BCUT2D eigenvalue weighted by Crippen LogP contribution is -2.50. The average molecular weight is 551 g/mol. The number of halogens is 2. The minimum atomic E-state index is -2.69. The van der Waals surface area contributed by atoms with E-state index in [1.165, 1.54) is 32.0 Å². The van der Waals surface area contributed by atoms with Gasteiger partial charge in [-0.3, -0.25) is 9.59 Å². The predicted octanol–water partition coefficient (Wildman–Crippen LogP) is 4.70. The number of carbonyl (C=O) groups excluding carboxylic acids is 4. The van der Waals surface area contributed by atoms with Crippen molar-refractivity contribution in [3.05, 3.63) is 68.8 Å². The van der Waals surface area contributed by atoms with E-state index in [4.69, 9.17) is 25.8 Å². The molecule has 8 nitrogen and oxygen atoms in total. The number of hydrogen-bond acceptors (Lipinski definition) is 7. The van der Waals surface area contributed by atoms with E-state index in [9.17, 15) is 19.2 Å². The van der Waals surface area contributed by atoms with E-state index in [1.807, 2.05) is 0 Å². The molecule has 0 saturated carbocycles. The van der Waals surface area contributed by atoms with Gasteiger partial charge >= 0.3 is 23.5 Å². The fraction of sp³-hybridized carbons (Fsp3) is 0.250. The minimum absolute atomic E-state index is 0.121. The molecule has 0 bridgehead atoms. The van der Waals surface area contributed by atoms with Crippen LogP contribution in [0.2, 0.25) is 5.02 Å². The number of nitrogens with one attached hydrogen (secondary N) is 1. The van der Waals surface area contributed by atoms with Gasteiger partial charge in [-0.25, -0.2) is 9.59 Å². The van der Waals surface area contributed by atoms with E-state index in [-0.39, 0.29) is 35.4 Å². The first-order valence-electron chi connectivity index (χ1n) is 10.3. The standard InChI is InChI=1S/C24H21BrClNO7/c1-4-32-22(30)24(34-13(3)28,23(31)33-5-2)19-17-10-9-16(26)12-18(17)27-20(19)21(29)14-7-6-8-15(25)11-14/h6-12,27H,4-5H2,1-3H3. The molecule has 1 N–H and O–H groups in total. The van der Waals surface area contributed by atoms with Gasteiger partial charge in [-0.1, -0.05) is 45.7 Å². The van der Waals surface area contributed by atoms with Gasteiger partial charge < -0.3 is 19.2 Å². The van der Waals surface area contributed by atoms with E-state index in [2.05, 4.69) is 20.9 Å². The molecular weight excluding hydrogens is 530 g/mol. The number of carbonyl (C=O) groups is 4. The number of rotatable bonds is 8. The highest BCUT2D eigenvalue weighted by Crippen LogP contribution is 2.39. The molecule has 1 heterocycles. The first-order valence-corrected chi connectivity index (χ1v) is 11.5. The molecule has 178 valence electrons. The summed E-state index contributed by atoms with van der Waals surface area (Å²) >= 11 is 9.47. The largest absolute Gasteiger partial charge is 0.462 e. The number of esters is 3. The molecule has 0 unspecified atom stereocenters. The number of hydrogen-bond donors (Lipinski definition) is 1. The average Bonchev–Trinajstić information content (AvgIpc) is 3.15.